The summed E-state index contributed by atoms with van der Waals surface area (Å²) in [7, 11) is 0. The first-order valence-electron chi connectivity index (χ1n) is 10.2. The van der Waals surface area contributed by atoms with Crippen LogP contribution in [0.2, 0.25) is 0 Å². The first-order valence-corrected chi connectivity index (χ1v) is 11.0. The summed E-state index contributed by atoms with van der Waals surface area (Å²) in [4.78, 5) is 48.2. The third kappa shape index (κ3) is 4.65. The van der Waals surface area contributed by atoms with Gasteiger partial charge in [-0.25, -0.2) is 9.78 Å². The molecule has 10 heteroatoms. The average Bonchev–Trinajstić information content (AvgIpc) is 3.42. The summed E-state index contributed by atoms with van der Waals surface area (Å²) >= 11 is 1.24. The molecule has 5 N–H and O–H groups in total. The standard InChI is InChI=1S/C23H22N4O5S/c1-11(15-10-24-20-19(15)22(30)26-12(2)25-20)17-7-8-18(33-17)21(29)27-16(23(31)32)9-13-3-5-14(28)6-4-13/h3-8,10-11,16,28H,9H2,1-2H3,(H,27,29)(H,31,32)(H2,24,25,26,30)/t11?,16-/m0/s1. The number of hydrogen-bond acceptors (Lipinski definition) is 6. The Labute approximate surface area is 192 Å². The predicted molar refractivity (Wildman–Crippen MR) is 124 cm³/mol. The summed E-state index contributed by atoms with van der Waals surface area (Å²) in [6, 6.07) is 8.49. The Morgan fingerprint density at radius 2 is 1.91 bits per heavy atom. The molecule has 1 unspecified atom stereocenters. The molecule has 2 atom stereocenters. The fraction of sp³-hybridized carbons (Fsp3) is 0.217. The first kappa shape index (κ1) is 22.3. The number of hydrogen-bond donors (Lipinski definition) is 5. The number of carbonyl (C=O) groups is 2. The maximum Gasteiger partial charge on any atom is 0.326 e. The van der Waals surface area contributed by atoms with E-state index in [1.54, 1.807) is 37.4 Å². The molecule has 9 nitrogen and oxygen atoms in total. The van der Waals surface area contributed by atoms with Gasteiger partial charge >= 0.3 is 5.97 Å². The number of carboxylic acids is 1. The molecule has 0 aliphatic heterocycles. The molecule has 4 rings (SSSR count). The van der Waals surface area contributed by atoms with Crippen LogP contribution in [0.15, 0.2) is 47.4 Å². The van der Waals surface area contributed by atoms with Crippen molar-refractivity contribution in [1.82, 2.24) is 20.3 Å². The highest BCUT2D eigenvalue weighted by molar-refractivity contribution is 7.14. The molecule has 0 spiro atoms. The van der Waals surface area contributed by atoms with E-state index in [1.807, 2.05) is 6.92 Å². The third-order valence-corrected chi connectivity index (χ3v) is 6.68. The number of aromatic nitrogens is 3. The second-order valence-electron chi connectivity index (χ2n) is 7.78. The zero-order chi connectivity index (χ0) is 23.7. The predicted octanol–water partition coefficient (Wildman–Crippen LogP) is 2.90. The van der Waals surface area contributed by atoms with Crippen molar-refractivity contribution in [2.45, 2.75) is 32.2 Å². The van der Waals surface area contributed by atoms with Gasteiger partial charge in [0.05, 0.1) is 10.3 Å². The van der Waals surface area contributed by atoms with E-state index in [0.29, 0.717) is 27.3 Å². The van der Waals surface area contributed by atoms with Gasteiger partial charge in [-0.2, -0.15) is 0 Å². The number of aryl methyl sites for hydroxylation is 1. The lowest BCUT2D eigenvalue weighted by Crippen LogP contribution is -2.42. The second kappa shape index (κ2) is 8.91. The Balaban J connectivity index is 1.52. The number of nitrogens with zero attached hydrogens (tertiary/aromatic N) is 1. The van der Waals surface area contributed by atoms with Gasteiger partial charge in [-0.15, -0.1) is 11.3 Å². The lowest BCUT2D eigenvalue weighted by molar-refractivity contribution is -0.139. The Morgan fingerprint density at radius 1 is 1.18 bits per heavy atom. The number of aliphatic carboxylic acids is 1. The van der Waals surface area contributed by atoms with Gasteiger partial charge in [-0.05, 0) is 42.3 Å². The highest BCUT2D eigenvalue weighted by Crippen LogP contribution is 2.32. The topological polar surface area (TPSA) is 148 Å². The number of carbonyl (C=O) groups excluding carboxylic acids is 1. The maximum atomic E-state index is 12.8. The highest BCUT2D eigenvalue weighted by atomic mass is 32.1. The zero-order valence-corrected chi connectivity index (χ0v) is 18.7. The summed E-state index contributed by atoms with van der Waals surface area (Å²) in [5.74, 6) is -1.22. The van der Waals surface area contributed by atoms with Crippen molar-refractivity contribution in [3.05, 3.63) is 79.7 Å². The van der Waals surface area contributed by atoms with E-state index in [4.69, 9.17) is 0 Å². The molecule has 1 amide bonds. The van der Waals surface area contributed by atoms with Crippen LogP contribution in [0.3, 0.4) is 0 Å². The number of aromatic hydroxyl groups is 1. The SMILES string of the molecule is Cc1nc2[nH]cc(C(C)c3ccc(C(=O)N[C@@H](Cc4ccc(O)cc4)C(=O)O)s3)c2c(=O)[nH]1. The molecule has 0 saturated heterocycles. The van der Waals surface area contributed by atoms with Gasteiger partial charge in [0.15, 0.2) is 0 Å². The van der Waals surface area contributed by atoms with Crippen LogP contribution in [0.5, 0.6) is 5.75 Å². The monoisotopic (exact) mass is 466 g/mol. The van der Waals surface area contributed by atoms with Crippen LogP contribution in [0.4, 0.5) is 0 Å². The number of phenolic OH excluding ortho intramolecular Hbond substituents is 1. The van der Waals surface area contributed by atoms with Gasteiger partial charge in [0.1, 0.15) is 23.3 Å². The quantitative estimate of drug-likeness (QED) is 0.283. The molecule has 33 heavy (non-hydrogen) atoms. The molecule has 0 aliphatic carbocycles. The zero-order valence-electron chi connectivity index (χ0n) is 17.9. The van der Waals surface area contributed by atoms with Crippen molar-refractivity contribution in [1.29, 1.82) is 0 Å². The average molecular weight is 467 g/mol. The minimum Gasteiger partial charge on any atom is -0.508 e. The molecule has 1 aromatic carbocycles. The third-order valence-electron chi connectivity index (χ3n) is 5.41. The number of thiophene rings is 1. The van der Waals surface area contributed by atoms with Crippen LogP contribution < -0.4 is 10.9 Å². The Morgan fingerprint density at radius 3 is 2.61 bits per heavy atom. The summed E-state index contributed by atoms with van der Waals surface area (Å²) < 4.78 is 0. The van der Waals surface area contributed by atoms with Crippen molar-refractivity contribution in [3.8, 4) is 5.75 Å². The first-order chi connectivity index (χ1) is 15.7. The number of nitrogens with one attached hydrogen (secondary N) is 3. The minimum absolute atomic E-state index is 0.0815. The Bertz CT molecular complexity index is 1390. The van der Waals surface area contributed by atoms with Crippen molar-refractivity contribution in [3.63, 3.8) is 0 Å². The second-order valence-corrected chi connectivity index (χ2v) is 8.89. The fourth-order valence-electron chi connectivity index (χ4n) is 3.68. The van der Waals surface area contributed by atoms with Crippen LogP contribution in [0.25, 0.3) is 11.0 Å². The summed E-state index contributed by atoms with van der Waals surface area (Å²) in [6.45, 7) is 3.64. The minimum atomic E-state index is -1.15. The molecule has 3 aromatic heterocycles. The molecule has 4 aromatic rings. The van der Waals surface area contributed by atoms with Gasteiger partial charge in [0.2, 0.25) is 0 Å². The van der Waals surface area contributed by atoms with Crippen molar-refractivity contribution in [2.24, 2.45) is 0 Å². The van der Waals surface area contributed by atoms with Gasteiger partial charge in [0.25, 0.3) is 11.5 Å². The number of fused-ring (bicyclic) bond motifs is 1. The normalized spacial score (nSPS) is 13.0. The number of benzene rings is 1. The number of H-pyrrole nitrogens is 2. The van der Waals surface area contributed by atoms with E-state index in [1.165, 1.54) is 23.5 Å². The van der Waals surface area contributed by atoms with E-state index >= 15 is 0 Å². The fourth-order valence-corrected chi connectivity index (χ4v) is 4.66. The van der Waals surface area contributed by atoms with Crippen LogP contribution >= 0.6 is 11.3 Å². The molecule has 170 valence electrons. The lowest BCUT2D eigenvalue weighted by Gasteiger charge is -2.14. The van der Waals surface area contributed by atoms with Gasteiger partial charge in [0, 0.05) is 23.4 Å². The molecule has 0 fully saturated rings. The van der Waals surface area contributed by atoms with Crippen LogP contribution in [-0.2, 0) is 11.2 Å². The number of rotatable bonds is 7. The van der Waals surface area contributed by atoms with E-state index in [9.17, 15) is 24.6 Å². The lowest BCUT2D eigenvalue weighted by atomic mass is 10.0. The largest absolute Gasteiger partial charge is 0.508 e. The van der Waals surface area contributed by atoms with Crippen LogP contribution in [0.1, 0.15) is 44.3 Å². The molecule has 0 aliphatic rings. The molecule has 0 saturated carbocycles. The maximum absolute atomic E-state index is 12.8. The van der Waals surface area contributed by atoms with Gasteiger partial charge in [-0.1, -0.05) is 19.1 Å². The number of carboxylic acid groups (broad SMARTS) is 1. The summed E-state index contributed by atoms with van der Waals surface area (Å²) in [6.07, 6.45) is 1.83. The van der Waals surface area contributed by atoms with E-state index in [2.05, 4.69) is 20.3 Å². The van der Waals surface area contributed by atoms with Crippen LogP contribution in [-0.4, -0.2) is 43.1 Å². The molecular weight excluding hydrogens is 444 g/mol. The molecule has 0 radical (unpaired) electrons. The Hall–Kier alpha value is -3.92. The summed E-state index contributed by atoms with van der Waals surface area (Å²) in [5, 5.41) is 22.0. The molecule has 3 heterocycles. The van der Waals surface area contributed by atoms with Gasteiger partial charge in [-0.3, -0.25) is 9.59 Å². The Kier molecular flexibility index (Phi) is 6.01. The molecular formula is C23H22N4O5S. The van der Waals surface area contributed by atoms with Crippen molar-refractivity contribution >= 4 is 34.2 Å². The smallest absolute Gasteiger partial charge is 0.326 e. The highest BCUT2D eigenvalue weighted by Gasteiger charge is 2.24. The van der Waals surface area contributed by atoms with E-state index < -0.39 is 17.9 Å². The number of amides is 1. The summed E-state index contributed by atoms with van der Waals surface area (Å²) in [5.41, 5.74) is 1.72. The molecule has 0 bridgehead atoms. The van der Waals surface area contributed by atoms with E-state index in [-0.39, 0.29) is 23.6 Å². The van der Waals surface area contributed by atoms with E-state index in [0.717, 1.165) is 10.4 Å². The van der Waals surface area contributed by atoms with Crippen molar-refractivity contribution in [2.75, 3.05) is 0 Å². The van der Waals surface area contributed by atoms with Gasteiger partial charge < -0.3 is 25.5 Å². The van der Waals surface area contributed by atoms with Crippen LogP contribution in [0, 0.1) is 6.92 Å². The number of phenols is 1. The number of aromatic amines is 2. The van der Waals surface area contributed by atoms with Crippen molar-refractivity contribution < 1.29 is 19.8 Å².